The quantitative estimate of drug-likeness (QED) is 0.769. The van der Waals surface area contributed by atoms with Crippen molar-refractivity contribution in [3.63, 3.8) is 0 Å². The highest BCUT2D eigenvalue weighted by atomic mass is 79.9. The molecule has 0 radical (unpaired) electrons. The van der Waals surface area contributed by atoms with E-state index in [1.807, 2.05) is 11.3 Å². The van der Waals surface area contributed by atoms with E-state index in [2.05, 4.69) is 60.4 Å². The summed E-state index contributed by atoms with van der Waals surface area (Å²) < 4.78 is 1.31. The topological polar surface area (TPSA) is 12.0 Å². The van der Waals surface area contributed by atoms with Gasteiger partial charge in [0.05, 0.1) is 0 Å². The summed E-state index contributed by atoms with van der Waals surface area (Å²) in [5, 5.41) is 5.86. The highest BCUT2D eigenvalue weighted by Crippen LogP contribution is 2.49. The van der Waals surface area contributed by atoms with Crippen molar-refractivity contribution in [3.8, 4) is 0 Å². The van der Waals surface area contributed by atoms with Crippen molar-refractivity contribution < 1.29 is 0 Å². The maximum Gasteiger partial charge on any atom is 0.0317 e. The van der Waals surface area contributed by atoms with E-state index >= 15 is 0 Å². The van der Waals surface area contributed by atoms with Crippen molar-refractivity contribution in [1.29, 1.82) is 0 Å². The van der Waals surface area contributed by atoms with E-state index in [-0.39, 0.29) is 0 Å². The molecule has 19 heavy (non-hydrogen) atoms. The number of thiophene rings is 1. The number of hydrogen-bond donors (Lipinski definition) is 1. The average molecular weight is 344 g/mol. The third-order valence-electron chi connectivity index (χ3n) is 4.30. The van der Waals surface area contributed by atoms with Crippen LogP contribution in [0.3, 0.4) is 0 Å². The van der Waals surface area contributed by atoms with Crippen LogP contribution in [0.25, 0.3) is 0 Å². The minimum Gasteiger partial charge on any atom is -0.314 e. The van der Waals surface area contributed by atoms with Crippen LogP contribution >= 0.6 is 27.3 Å². The standard InChI is InChI=1S/C16H26BrNS/c1-11(2)18-10-12-5-7-16(3,4)9-13(12)15-14(17)6-8-19-15/h6,8,11-13,18H,5,7,9-10H2,1-4H3. The van der Waals surface area contributed by atoms with Crippen LogP contribution < -0.4 is 5.32 Å². The second-order valence-corrected chi connectivity index (χ2v) is 8.77. The molecule has 3 heteroatoms. The van der Waals surface area contributed by atoms with Crippen LogP contribution in [-0.4, -0.2) is 12.6 Å². The molecule has 0 aliphatic heterocycles. The van der Waals surface area contributed by atoms with Gasteiger partial charge in [0.25, 0.3) is 0 Å². The molecule has 108 valence electrons. The fourth-order valence-corrected chi connectivity index (χ4v) is 5.01. The van der Waals surface area contributed by atoms with Crippen LogP contribution in [-0.2, 0) is 0 Å². The van der Waals surface area contributed by atoms with Gasteiger partial charge in [0.2, 0.25) is 0 Å². The summed E-state index contributed by atoms with van der Waals surface area (Å²) in [6.45, 7) is 10.5. The van der Waals surface area contributed by atoms with Crippen molar-refractivity contribution in [3.05, 3.63) is 20.8 Å². The number of halogens is 1. The molecule has 2 unspecified atom stereocenters. The molecule has 0 amide bonds. The lowest BCUT2D eigenvalue weighted by Crippen LogP contribution is -2.36. The second kappa shape index (κ2) is 6.28. The van der Waals surface area contributed by atoms with Gasteiger partial charge < -0.3 is 5.32 Å². The fourth-order valence-electron chi connectivity index (χ4n) is 3.15. The molecule has 1 aliphatic rings. The zero-order chi connectivity index (χ0) is 14.0. The largest absolute Gasteiger partial charge is 0.314 e. The lowest BCUT2D eigenvalue weighted by Gasteiger charge is -2.41. The van der Waals surface area contributed by atoms with Gasteiger partial charge in [0.15, 0.2) is 0 Å². The number of nitrogens with one attached hydrogen (secondary N) is 1. The second-order valence-electron chi connectivity index (χ2n) is 6.97. The van der Waals surface area contributed by atoms with Crippen molar-refractivity contribution in [2.75, 3.05) is 6.54 Å². The molecular weight excluding hydrogens is 318 g/mol. The summed E-state index contributed by atoms with van der Waals surface area (Å²) in [6, 6.07) is 2.79. The zero-order valence-electron chi connectivity index (χ0n) is 12.5. The van der Waals surface area contributed by atoms with Gasteiger partial charge in [0, 0.05) is 15.4 Å². The van der Waals surface area contributed by atoms with E-state index in [0.717, 1.165) is 12.5 Å². The van der Waals surface area contributed by atoms with Crippen molar-refractivity contribution in [1.82, 2.24) is 5.32 Å². The molecular formula is C16H26BrNS. The molecule has 1 aliphatic carbocycles. The number of rotatable bonds is 4. The Labute approximate surface area is 130 Å². The summed E-state index contributed by atoms with van der Waals surface area (Å²) in [4.78, 5) is 1.56. The van der Waals surface area contributed by atoms with Gasteiger partial charge in [-0.05, 0) is 70.4 Å². The maximum absolute atomic E-state index is 3.74. The molecule has 1 fully saturated rings. The van der Waals surface area contributed by atoms with Gasteiger partial charge in [-0.15, -0.1) is 11.3 Å². The fraction of sp³-hybridized carbons (Fsp3) is 0.750. The first-order chi connectivity index (χ1) is 8.89. The summed E-state index contributed by atoms with van der Waals surface area (Å²) in [7, 11) is 0. The molecule has 0 bridgehead atoms. The van der Waals surface area contributed by atoms with Gasteiger partial charge in [-0.3, -0.25) is 0 Å². The van der Waals surface area contributed by atoms with E-state index < -0.39 is 0 Å². The van der Waals surface area contributed by atoms with E-state index in [1.54, 1.807) is 4.88 Å². The lowest BCUT2D eigenvalue weighted by molar-refractivity contribution is 0.159. The van der Waals surface area contributed by atoms with Crippen LogP contribution in [0.5, 0.6) is 0 Å². The van der Waals surface area contributed by atoms with Gasteiger partial charge in [-0.25, -0.2) is 0 Å². The van der Waals surface area contributed by atoms with E-state index in [9.17, 15) is 0 Å². The van der Waals surface area contributed by atoms with Crippen LogP contribution in [0.2, 0.25) is 0 Å². The Morgan fingerprint density at radius 1 is 1.47 bits per heavy atom. The molecule has 0 aromatic carbocycles. The monoisotopic (exact) mass is 343 g/mol. The van der Waals surface area contributed by atoms with E-state index in [1.165, 1.54) is 23.7 Å². The first kappa shape index (κ1) is 15.5. The Hall–Kier alpha value is 0.140. The molecule has 2 rings (SSSR count). The summed E-state index contributed by atoms with van der Waals surface area (Å²) >= 11 is 5.66. The Morgan fingerprint density at radius 3 is 2.79 bits per heavy atom. The lowest BCUT2D eigenvalue weighted by atomic mass is 9.66. The zero-order valence-corrected chi connectivity index (χ0v) is 14.9. The normalized spacial score (nSPS) is 26.8. The Bertz CT molecular complexity index is 409. The van der Waals surface area contributed by atoms with Gasteiger partial charge >= 0.3 is 0 Å². The third kappa shape index (κ3) is 4.05. The number of hydrogen-bond acceptors (Lipinski definition) is 2. The highest BCUT2D eigenvalue weighted by Gasteiger charge is 2.36. The maximum atomic E-state index is 3.74. The molecule has 1 nitrogen and oxygen atoms in total. The molecule has 1 N–H and O–H groups in total. The summed E-state index contributed by atoms with van der Waals surface area (Å²) in [5.74, 6) is 1.50. The van der Waals surface area contributed by atoms with Crippen molar-refractivity contribution >= 4 is 27.3 Å². The molecule has 0 saturated heterocycles. The molecule has 1 aromatic heterocycles. The molecule has 1 saturated carbocycles. The first-order valence-electron chi connectivity index (χ1n) is 7.35. The Balaban J connectivity index is 2.14. The predicted molar refractivity (Wildman–Crippen MR) is 89.0 cm³/mol. The van der Waals surface area contributed by atoms with Crippen LogP contribution in [0.15, 0.2) is 15.9 Å². The molecule has 1 aromatic rings. The smallest absolute Gasteiger partial charge is 0.0317 e. The first-order valence-corrected chi connectivity index (χ1v) is 9.02. The predicted octanol–water partition coefficient (Wildman–Crippen LogP) is 5.42. The van der Waals surface area contributed by atoms with Crippen molar-refractivity contribution in [2.24, 2.45) is 11.3 Å². The van der Waals surface area contributed by atoms with Gasteiger partial charge in [0.1, 0.15) is 0 Å². The van der Waals surface area contributed by atoms with Crippen LogP contribution in [0, 0.1) is 11.3 Å². The molecule has 1 heterocycles. The Kier molecular flexibility index (Phi) is 5.13. The molecule has 2 atom stereocenters. The van der Waals surface area contributed by atoms with E-state index in [4.69, 9.17) is 0 Å². The molecule has 0 spiro atoms. The van der Waals surface area contributed by atoms with E-state index in [0.29, 0.717) is 17.4 Å². The Morgan fingerprint density at radius 2 is 2.21 bits per heavy atom. The van der Waals surface area contributed by atoms with Crippen molar-refractivity contribution in [2.45, 2.75) is 58.9 Å². The van der Waals surface area contributed by atoms with Gasteiger partial charge in [-0.1, -0.05) is 27.7 Å². The van der Waals surface area contributed by atoms with Crippen LogP contribution in [0.1, 0.15) is 57.8 Å². The minimum atomic E-state index is 0.489. The summed E-state index contributed by atoms with van der Waals surface area (Å²) in [5.41, 5.74) is 0.489. The SMILES string of the molecule is CC(C)NCC1CCC(C)(C)CC1c1sccc1Br. The minimum absolute atomic E-state index is 0.489. The average Bonchev–Trinajstić information content (AvgIpc) is 2.72. The highest BCUT2D eigenvalue weighted by molar-refractivity contribution is 9.10. The third-order valence-corrected chi connectivity index (χ3v) is 6.31. The summed E-state index contributed by atoms with van der Waals surface area (Å²) in [6.07, 6.45) is 4.02. The van der Waals surface area contributed by atoms with Crippen LogP contribution in [0.4, 0.5) is 0 Å². The van der Waals surface area contributed by atoms with Gasteiger partial charge in [-0.2, -0.15) is 0 Å².